The first kappa shape index (κ1) is 16.9. The van der Waals surface area contributed by atoms with E-state index in [9.17, 15) is 9.59 Å². The highest BCUT2D eigenvalue weighted by molar-refractivity contribution is 6.30. The van der Waals surface area contributed by atoms with Crippen LogP contribution in [0.3, 0.4) is 0 Å². The van der Waals surface area contributed by atoms with Crippen LogP contribution in [0.4, 0.5) is 0 Å². The van der Waals surface area contributed by atoms with E-state index in [4.69, 9.17) is 11.6 Å². The highest BCUT2D eigenvalue weighted by atomic mass is 35.5. The van der Waals surface area contributed by atoms with Crippen molar-refractivity contribution in [3.05, 3.63) is 58.4 Å². The van der Waals surface area contributed by atoms with Crippen LogP contribution in [-0.2, 0) is 7.05 Å². The molecule has 0 bridgehead atoms. The number of ketones is 2. The van der Waals surface area contributed by atoms with Gasteiger partial charge in [-0.3, -0.25) is 14.5 Å². The monoisotopic (exact) mass is 344 g/mol. The number of nitrogens with zero attached hydrogens (tertiary/aromatic N) is 2. The number of rotatable bonds is 5. The van der Waals surface area contributed by atoms with Crippen LogP contribution in [0, 0.1) is 0 Å². The molecule has 1 aromatic carbocycles. The maximum atomic E-state index is 12.6. The Morgan fingerprint density at radius 2 is 1.71 bits per heavy atom. The van der Waals surface area contributed by atoms with E-state index in [0.717, 1.165) is 25.9 Å². The van der Waals surface area contributed by atoms with Crippen LogP contribution in [0.15, 0.2) is 36.5 Å². The van der Waals surface area contributed by atoms with Gasteiger partial charge in [-0.2, -0.15) is 0 Å². The summed E-state index contributed by atoms with van der Waals surface area (Å²) in [6, 6.07) is 8.49. The minimum absolute atomic E-state index is 0.0719. The van der Waals surface area contributed by atoms with Crippen LogP contribution in [-0.4, -0.2) is 40.7 Å². The SMILES string of the molecule is Cn1cc(C(=O)CN2CCCCC2)cc1C(=O)c1ccc(Cl)cc1. The molecule has 2 aromatic rings. The van der Waals surface area contributed by atoms with Crippen LogP contribution in [0.1, 0.15) is 45.7 Å². The molecule has 1 aliphatic heterocycles. The predicted octanol–water partition coefficient (Wildman–Crippen LogP) is 3.58. The molecule has 3 rings (SSSR count). The highest BCUT2D eigenvalue weighted by Gasteiger charge is 2.20. The fourth-order valence-electron chi connectivity index (χ4n) is 3.10. The van der Waals surface area contributed by atoms with Crippen molar-refractivity contribution in [1.29, 1.82) is 0 Å². The van der Waals surface area contributed by atoms with Gasteiger partial charge in [0.25, 0.3) is 0 Å². The van der Waals surface area contributed by atoms with Crippen LogP contribution in [0.5, 0.6) is 0 Å². The Kier molecular flexibility index (Phi) is 5.17. The molecule has 0 radical (unpaired) electrons. The van der Waals surface area contributed by atoms with Gasteiger partial charge in [-0.15, -0.1) is 0 Å². The van der Waals surface area contributed by atoms with Gasteiger partial charge < -0.3 is 4.57 Å². The number of Topliss-reactive ketones (excluding diaryl/α,β-unsaturated/α-hetero) is 1. The van der Waals surface area contributed by atoms with E-state index in [1.807, 2.05) is 0 Å². The van der Waals surface area contributed by atoms with Crippen molar-refractivity contribution < 1.29 is 9.59 Å². The standard InChI is InChI=1S/C19H21ClN2O2/c1-21-12-15(18(23)13-22-9-3-2-4-10-22)11-17(21)19(24)14-5-7-16(20)8-6-14/h5-8,11-12H,2-4,9-10,13H2,1H3. The van der Waals surface area contributed by atoms with Crippen LogP contribution >= 0.6 is 11.6 Å². The zero-order chi connectivity index (χ0) is 17.1. The van der Waals surface area contributed by atoms with Gasteiger partial charge in [0.2, 0.25) is 5.78 Å². The van der Waals surface area contributed by atoms with Crippen LogP contribution in [0.2, 0.25) is 5.02 Å². The van der Waals surface area contributed by atoms with E-state index in [1.54, 1.807) is 48.1 Å². The molecule has 0 saturated carbocycles. The zero-order valence-corrected chi connectivity index (χ0v) is 14.6. The summed E-state index contributed by atoms with van der Waals surface area (Å²) in [5.74, 6) is -0.0335. The Morgan fingerprint density at radius 3 is 2.38 bits per heavy atom. The van der Waals surface area contributed by atoms with E-state index in [1.165, 1.54) is 6.42 Å². The molecule has 0 spiro atoms. The zero-order valence-electron chi connectivity index (χ0n) is 13.8. The summed E-state index contributed by atoms with van der Waals surface area (Å²) < 4.78 is 1.72. The molecule has 1 aromatic heterocycles. The number of hydrogen-bond acceptors (Lipinski definition) is 3. The number of hydrogen-bond donors (Lipinski definition) is 0. The van der Waals surface area contributed by atoms with E-state index in [-0.39, 0.29) is 11.6 Å². The Morgan fingerprint density at radius 1 is 1.04 bits per heavy atom. The number of benzene rings is 1. The van der Waals surface area contributed by atoms with Crippen LogP contribution < -0.4 is 0 Å². The lowest BCUT2D eigenvalue weighted by Crippen LogP contribution is -2.34. The summed E-state index contributed by atoms with van der Waals surface area (Å²) in [6.45, 7) is 2.39. The molecule has 0 atom stereocenters. The molecular formula is C19H21ClN2O2. The smallest absolute Gasteiger partial charge is 0.209 e. The fourth-order valence-corrected chi connectivity index (χ4v) is 3.23. The summed E-state index contributed by atoms with van der Waals surface area (Å²) in [6.07, 6.45) is 5.30. The minimum atomic E-state index is -0.105. The summed E-state index contributed by atoms with van der Waals surface area (Å²) >= 11 is 5.87. The van der Waals surface area contributed by atoms with Crippen molar-refractivity contribution in [2.75, 3.05) is 19.6 Å². The average Bonchev–Trinajstić information content (AvgIpc) is 2.98. The van der Waals surface area contributed by atoms with E-state index < -0.39 is 0 Å². The second kappa shape index (κ2) is 7.32. The molecule has 5 heteroatoms. The first-order valence-corrected chi connectivity index (χ1v) is 8.64. The molecule has 1 aliphatic rings. The first-order chi connectivity index (χ1) is 11.5. The van der Waals surface area contributed by atoms with Crippen molar-refractivity contribution in [3.8, 4) is 0 Å². The molecule has 126 valence electrons. The summed E-state index contributed by atoms with van der Waals surface area (Å²) in [4.78, 5) is 27.3. The minimum Gasteiger partial charge on any atom is -0.347 e. The molecule has 0 unspecified atom stereocenters. The van der Waals surface area contributed by atoms with Gasteiger partial charge in [-0.05, 0) is 56.3 Å². The highest BCUT2D eigenvalue weighted by Crippen LogP contribution is 2.17. The first-order valence-electron chi connectivity index (χ1n) is 8.27. The number of aryl methyl sites for hydroxylation is 1. The second-order valence-corrected chi connectivity index (χ2v) is 6.76. The molecule has 4 nitrogen and oxygen atoms in total. The summed E-state index contributed by atoms with van der Waals surface area (Å²) in [5.41, 5.74) is 1.68. The van der Waals surface area contributed by atoms with E-state index >= 15 is 0 Å². The molecular weight excluding hydrogens is 324 g/mol. The summed E-state index contributed by atoms with van der Waals surface area (Å²) in [7, 11) is 1.79. The number of halogens is 1. The third-order valence-electron chi connectivity index (χ3n) is 4.48. The lowest BCUT2D eigenvalue weighted by molar-refractivity contribution is 0.0915. The van der Waals surface area contributed by atoms with Crippen molar-refractivity contribution in [3.63, 3.8) is 0 Å². The van der Waals surface area contributed by atoms with Crippen molar-refractivity contribution >= 4 is 23.2 Å². The molecule has 24 heavy (non-hydrogen) atoms. The maximum absolute atomic E-state index is 12.6. The molecule has 1 saturated heterocycles. The van der Waals surface area contributed by atoms with Crippen molar-refractivity contribution in [2.24, 2.45) is 7.05 Å². The number of carbonyl (C=O) groups is 2. The quantitative estimate of drug-likeness (QED) is 0.779. The fraction of sp³-hybridized carbons (Fsp3) is 0.368. The Hall–Kier alpha value is -1.91. The average molecular weight is 345 g/mol. The molecule has 0 aliphatic carbocycles. The number of piperidine rings is 1. The Labute approximate surface area is 147 Å². The summed E-state index contributed by atoms with van der Waals surface area (Å²) in [5, 5.41) is 0.593. The lowest BCUT2D eigenvalue weighted by atomic mass is 10.1. The number of carbonyl (C=O) groups excluding carboxylic acids is 2. The molecule has 2 heterocycles. The lowest BCUT2D eigenvalue weighted by Gasteiger charge is -2.25. The van der Waals surface area contributed by atoms with Gasteiger partial charge in [-0.1, -0.05) is 18.0 Å². The van der Waals surface area contributed by atoms with E-state index in [2.05, 4.69) is 4.90 Å². The van der Waals surface area contributed by atoms with E-state index in [0.29, 0.717) is 28.4 Å². The van der Waals surface area contributed by atoms with Gasteiger partial charge >= 0.3 is 0 Å². The van der Waals surface area contributed by atoms with Crippen molar-refractivity contribution in [1.82, 2.24) is 9.47 Å². The van der Waals surface area contributed by atoms with Crippen molar-refractivity contribution in [2.45, 2.75) is 19.3 Å². The van der Waals surface area contributed by atoms with Gasteiger partial charge in [0, 0.05) is 29.4 Å². The third kappa shape index (κ3) is 3.77. The Bertz CT molecular complexity index is 743. The van der Waals surface area contributed by atoms with Gasteiger partial charge in [0.05, 0.1) is 12.2 Å². The molecule has 0 amide bonds. The molecule has 0 N–H and O–H groups in total. The number of aromatic nitrogens is 1. The van der Waals surface area contributed by atoms with Gasteiger partial charge in [0.15, 0.2) is 5.78 Å². The second-order valence-electron chi connectivity index (χ2n) is 6.32. The van der Waals surface area contributed by atoms with Gasteiger partial charge in [-0.25, -0.2) is 0 Å². The molecule has 1 fully saturated rings. The third-order valence-corrected chi connectivity index (χ3v) is 4.73. The predicted molar refractivity (Wildman–Crippen MR) is 94.9 cm³/mol. The van der Waals surface area contributed by atoms with Crippen LogP contribution in [0.25, 0.3) is 0 Å². The topological polar surface area (TPSA) is 42.3 Å². The van der Waals surface area contributed by atoms with Gasteiger partial charge in [0.1, 0.15) is 0 Å². The maximum Gasteiger partial charge on any atom is 0.209 e. The normalized spacial score (nSPS) is 15.4. The largest absolute Gasteiger partial charge is 0.347 e. The number of likely N-dealkylation sites (tertiary alicyclic amines) is 1. The Balaban J connectivity index is 1.75.